The maximum Gasteiger partial charge on any atom is 0.144 e. The third-order valence-electron chi connectivity index (χ3n) is 3.22. The Morgan fingerprint density at radius 1 is 1.27 bits per heavy atom. The first-order valence-electron chi connectivity index (χ1n) is 5.31. The van der Waals surface area contributed by atoms with Crippen molar-refractivity contribution < 1.29 is 4.39 Å². The molecule has 1 unspecified atom stereocenters. The third kappa shape index (κ3) is 2.01. The molecule has 1 nitrogen and oxygen atoms in total. The first-order valence-corrected chi connectivity index (χ1v) is 5.69. The minimum Gasteiger partial charge on any atom is -0.322 e. The number of hydrogen-bond donors (Lipinski definition) is 1. The van der Waals surface area contributed by atoms with Crippen LogP contribution in [-0.4, -0.2) is 5.54 Å². The summed E-state index contributed by atoms with van der Waals surface area (Å²) in [5.74, 6) is 0. The summed E-state index contributed by atoms with van der Waals surface area (Å²) >= 11 is 5.96. The molecule has 0 amide bonds. The van der Waals surface area contributed by atoms with E-state index in [9.17, 15) is 4.39 Å². The van der Waals surface area contributed by atoms with Gasteiger partial charge < -0.3 is 5.73 Å². The maximum absolute atomic E-state index is 14.3. The highest BCUT2D eigenvalue weighted by molar-refractivity contribution is 6.31. The first-order chi connectivity index (χ1) is 7.13. The molecule has 1 aliphatic carbocycles. The molecule has 1 saturated carbocycles. The van der Waals surface area contributed by atoms with Gasteiger partial charge in [-0.25, -0.2) is 4.39 Å². The zero-order chi connectivity index (χ0) is 10.9. The lowest BCUT2D eigenvalue weighted by atomic mass is 9.88. The van der Waals surface area contributed by atoms with E-state index in [2.05, 4.69) is 0 Å². The third-order valence-corrected chi connectivity index (χ3v) is 3.56. The summed E-state index contributed by atoms with van der Waals surface area (Å²) in [6.07, 6.45) is 2.38. The molecular weight excluding hydrogens is 213 g/mol. The molecule has 82 valence electrons. The van der Waals surface area contributed by atoms with Gasteiger partial charge in [-0.05, 0) is 18.9 Å². The molecule has 1 aromatic rings. The average molecular weight is 228 g/mol. The fourth-order valence-electron chi connectivity index (χ4n) is 2.28. The van der Waals surface area contributed by atoms with Gasteiger partial charge in [-0.2, -0.15) is 0 Å². The molecule has 0 radical (unpaired) electrons. The normalized spacial score (nSPS) is 21.5. The van der Waals surface area contributed by atoms with E-state index in [4.69, 9.17) is 17.3 Å². The van der Waals surface area contributed by atoms with Gasteiger partial charge in [0.05, 0.1) is 5.54 Å². The molecule has 15 heavy (non-hydrogen) atoms. The van der Waals surface area contributed by atoms with E-state index in [1.165, 1.54) is 0 Å². The molecular formula is C12H15ClFN. The second kappa shape index (κ2) is 4.11. The van der Waals surface area contributed by atoms with Crippen LogP contribution in [0.2, 0.25) is 5.02 Å². The quantitative estimate of drug-likeness (QED) is 0.821. The second-order valence-corrected chi connectivity index (χ2v) is 4.73. The van der Waals surface area contributed by atoms with Gasteiger partial charge in [0.1, 0.15) is 6.17 Å². The molecule has 2 rings (SSSR count). The van der Waals surface area contributed by atoms with Crippen molar-refractivity contribution in [2.75, 3.05) is 0 Å². The Morgan fingerprint density at radius 2 is 1.87 bits per heavy atom. The lowest BCUT2D eigenvalue weighted by Gasteiger charge is -2.28. The molecule has 1 fully saturated rings. The van der Waals surface area contributed by atoms with Crippen molar-refractivity contribution in [3.8, 4) is 0 Å². The summed E-state index contributed by atoms with van der Waals surface area (Å²) in [6, 6.07) is 7.03. The number of alkyl halides is 1. The van der Waals surface area contributed by atoms with Gasteiger partial charge >= 0.3 is 0 Å². The molecule has 0 spiro atoms. The minimum atomic E-state index is -1.14. The Labute approximate surface area is 94.4 Å². The van der Waals surface area contributed by atoms with Crippen molar-refractivity contribution >= 4 is 11.6 Å². The smallest absolute Gasteiger partial charge is 0.144 e. The summed E-state index contributed by atoms with van der Waals surface area (Å²) in [7, 11) is 0. The fourth-order valence-corrected chi connectivity index (χ4v) is 2.51. The van der Waals surface area contributed by atoms with Crippen LogP contribution in [0.3, 0.4) is 0 Å². The number of rotatable bonds is 2. The monoisotopic (exact) mass is 227 g/mol. The average Bonchev–Trinajstić information content (AvgIpc) is 2.66. The predicted molar refractivity (Wildman–Crippen MR) is 60.7 cm³/mol. The van der Waals surface area contributed by atoms with Crippen molar-refractivity contribution in [3.05, 3.63) is 34.9 Å². The molecule has 1 aliphatic rings. The van der Waals surface area contributed by atoms with E-state index < -0.39 is 11.7 Å². The molecule has 3 heteroatoms. The first kappa shape index (κ1) is 10.9. The summed E-state index contributed by atoms with van der Waals surface area (Å²) in [5.41, 5.74) is 5.90. The van der Waals surface area contributed by atoms with Crippen molar-refractivity contribution in [2.24, 2.45) is 5.73 Å². The van der Waals surface area contributed by atoms with E-state index in [1.807, 2.05) is 0 Å². The van der Waals surface area contributed by atoms with Crippen LogP contribution < -0.4 is 5.73 Å². The van der Waals surface area contributed by atoms with Gasteiger partial charge in [-0.3, -0.25) is 0 Å². The van der Waals surface area contributed by atoms with Crippen molar-refractivity contribution in [3.63, 3.8) is 0 Å². The van der Waals surface area contributed by atoms with Crippen LogP contribution >= 0.6 is 11.6 Å². The Hall–Kier alpha value is -0.600. The summed E-state index contributed by atoms with van der Waals surface area (Å²) in [4.78, 5) is 0. The van der Waals surface area contributed by atoms with Crippen LogP contribution in [0.15, 0.2) is 24.3 Å². The second-order valence-electron chi connectivity index (χ2n) is 4.32. The Balaban J connectivity index is 2.27. The van der Waals surface area contributed by atoms with E-state index in [0.29, 0.717) is 10.6 Å². The summed E-state index contributed by atoms with van der Waals surface area (Å²) in [6.45, 7) is 0. The fraction of sp³-hybridized carbons (Fsp3) is 0.500. The summed E-state index contributed by atoms with van der Waals surface area (Å²) in [5, 5.41) is 0.474. The minimum absolute atomic E-state index is 0.474. The van der Waals surface area contributed by atoms with Crippen molar-refractivity contribution in [2.45, 2.75) is 37.4 Å². The van der Waals surface area contributed by atoms with E-state index in [0.717, 1.165) is 25.7 Å². The number of nitrogens with two attached hydrogens (primary N) is 1. The predicted octanol–water partition coefficient (Wildman–Crippen LogP) is 3.62. The van der Waals surface area contributed by atoms with Crippen LogP contribution in [0, 0.1) is 0 Å². The molecule has 0 bridgehead atoms. The van der Waals surface area contributed by atoms with E-state index >= 15 is 0 Å². The largest absolute Gasteiger partial charge is 0.322 e. The summed E-state index contributed by atoms with van der Waals surface area (Å²) < 4.78 is 14.3. The molecule has 0 heterocycles. The van der Waals surface area contributed by atoms with Gasteiger partial charge in [0.25, 0.3) is 0 Å². The van der Waals surface area contributed by atoms with Gasteiger partial charge in [0.2, 0.25) is 0 Å². The number of hydrogen-bond acceptors (Lipinski definition) is 1. The van der Waals surface area contributed by atoms with Crippen LogP contribution in [-0.2, 0) is 0 Å². The lowest BCUT2D eigenvalue weighted by molar-refractivity contribution is 0.194. The van der Waals surface area contributed by atoms with Crippen molar-refractivity contribution in [1.29, 1.82) is 0 Å². The number of benzene rings is 1. The molecule has 0 aliphatic heterocycles. The highest BCUT2D eigenvalue weighted by Crippen LogP contribution is 2.42. The van der Waals surface area contributed by atoms with Gasteiger partial charge in [0.15, 0.2) is 0 Å². The maximum atomic E-state index is 14.3. The number of halogens is 2. The van der Waals surface area contributed by atoms with Gasteiger partial charge in [-0.15, -0.1) is 0 Å². The van der Waals surface area contributed by atoms with E-state index in [1.54, 1.807) is 24.3 Å². The lowest BCUT2D eigenvalue weighted by Crippen LogP contribution is -2.41. The highest BCUT2D eigenvalue weighted by atomic mass is 35.5. The van der Waals surface area contributed by atoms with Crippen LogP contribution in [0.4, 0.5) is 4.39 Å². The van der Waals surface area contributed by atoms with Crippen LogP contribution in [0.5, 0.6) is 0 Å². The zero-order valence-electron chi connectivity index (χ0n) is 8.55. The Bertz CT molecular complexity index is 347. The zero-order valence-corrected chi connectivity index (χ0v) is 9.30. The van der Waals surface area contributed by atoms with E-state index in [-0.39, 0.29) is 0 Å². The topological polar surface area (TPSA) is 26.0 Å². The van der Waals surface area contributed by atoms with Gasteiger partial charge in [-0.1, -0.05) is 42.6 Å². The highest BCUT2D eigenvalue weighted by Gasteiger charge is 2.39. The molecule has 1 aromatic carbocycles. The molecule has 0 saturated heterocycles. The Morgan fingerprint density at radius 3 is 2.47 bits per heavy atom. The van der Waals surface area contributed by atoms with Crippen molar-refractivity contribution in [1.82, 2.24) is 0 Å². The molecule has 1 atom stereocenters. The standard InChI is InChI=1S/C12H15ClFN/c13-10-6-2-1-5-9(10)11(14)12(15)7-3-4-8-12/h1-2,5-6,11H,3-4,7-8,15H2. The van der Waals surface area contributed by atoms with Crippen LogP contribution in [0.1, 0.15) is 37.4 Å². The van der Waals surface area contributed by atoms with Crippen LogP contribution in [0.25, 0.3) is 0 Å². The molecule has 2 N–H and O–H groups in total. The Kier molecular flexibility index (Phi) is 2.98. The molecule has 0 aromatic heterocycles. The van der Waals surface area contributed by atoms with Gasteiger partial charge in [0, 0.05) is 10.6 Å². The SMILES string of the molecule is NC1(C(F)c2ccccc2Cl)CCCC1.